The van der Waals surface area contributed by atoms with Crippen LogP contribution in [0.3, 0.4) is 0 Å². The third-order valence-electron chi connectivity index (χ3n) is 4.44. The highest BCUT2D eigenvalue weighted by molar-refractivity contribution is 6.07. The van der Waals surface area contributed by atoms with E-state index in [-0.39, 0.29) is 5.91 Å². The minimum atomic E-state index is -0.295. The number of amides is 1. The molecular formula is C21H23N3O4. The molecule has 28 heavy (non-hydrogen) atoms. The summed E-state index contributed by atoms with van der Waals surface area (Å²) in [5.74, 6) is 1.86. The van der Waals surface area contributed by atoms with Gasteiger partial charge >= 0.3 is 0 Å². The van der Waals surface area contributed by atoms with Crippen LogP contribution in [-0.4, -0.2) is 36.8 Å². The number of carbonyl (C=O) groups is 1. The third-order valence-corrected chi connectivity index (χ3v) is 4.44. The summed E-state index contributed by atoms with van der Waals surface area (Å²) in [6, 6.07) is 11.0. The molecule has 7 nitrogen and oxygen atoms in total. The number of hydrogen-bond acceptors (Lipinski definition) is 5. The molecule has 0 radical (unpaired) electrons. The second-order valence-corrected chi connectivity index (χ2v) is 6.14. The molecule has 0 atom stereocenters. The summed E-state index contributed by atoms with van der Waals surface area (Å²) in [4.78, 5) is 17.0. The number of aromatic nitrogens is 2. The smallest absolute Gasteiger partial charge is 0.259 e. The van der Waals surface area contributed by atoms with Crippen LogP contribution in [0, 0.1) is 6.92 Å². The molecule has 2 aromatic carbocycles. The van der Waals surface area contributed by atoms with Gasteiger partial charge in [-0.15, -0.1) is 0 Å². The number of nitrogens with zero attached hydrogens (tertiary/aromatic N) is 2. The van der Waals surface area contributed by atoms with Crippen LogP contribution < -0.4 is 19.5 Å². The number of benzene rings is 2. The van der Waals surface area contributed by atoms with Gasteiger partial charge in [0.25, 0.3) is 5.91 Å². The van der Waals surface area contributed by atoms with Gasteiger partial charge in [-0.05, 0) is 36.8 Å². The summed E-state index contributed by atoms with van der Waals surface area (Å²) >= 11 is 0. The van der Waals surface area contributed by atoms with E-state index in [1.807, 2.05) is 37.4 Å². The van der Waals surface area contributed by atoms with Crippen molar-refractivity contribution in [1.29, 1.82) is 0 Å². The number of rotatable bonds is 7. The van der Waals surface area contributed by atoms with Crippen molar-refractivity contribution in [3.8, 4) is 17.2 Å². The minimum Gasteiger partial charge on any atom is -0.493 e. The number of ether oxygens (including phenoxy) is 3. The molecule has 0 saturated heterocycles. The van der Waals surface area contributed by atoms with E-state index < -0.39 is 0 Å². The first-order valence-corrected chi connectivity index (χ1v) is 8.74. The molecule has 0 unspecified atom stereocenters. The summed E-state index contributed by atoms with van der Waals surface area (Å²) in [5, 5.41) is 2.88. The molecule has 7 heteroatoms. The van der Waals surface area contributed by atoms with Crippen molar-refractivity contribution in [1.82, 2.24) is 9.55 Å². The van der Waals surface area contributed by atoms with Crippen LogP contribution >= 0.6 is 0 Å². The second kappa shape index (κ2) is 8.47. The topological polar surface area (TPSA) is 74.6 Å². The Morgan fingerprint density at radius 2 is 1.71 bits per heavy atom. The molecular weight excluding hydrogens is 358 g/mol. The first-order chi connectivity index (χ1) is 13.6. The van der Waals surface area contributed by atoms with E-state index in [2.05, 4.69) is 14.9 Å². The Balaban J connectivity index is 1.77. The lowest BCUT2D eigenvalue weighted by Crippen LogP contribution is -2.14. The maximum Gasteiger partial charge on any atom is 0.259 e. The number of anilines is 1. The Kier molecular flexibility index (Phi) is 5.84. The fourth-order valence-corrected chi connectivity index (χ4v) is 2.94. The van der Waals surface area contributed by atoms with E-state index >= 15 is 0 Å². The lowest BCUT2D eigenvalue weighted by atomic mass is 10.1. The van der Waals surface area contributed by atoms with Crippen LogP contribution in [0.5, 0.6) is 17.2 Å². The summed E-state index contributed by atoms with van der Waals surface area (Å²) in [7, 11) is 4.52. The monoisotopic (exact) mass is 381 g/mol. The van der Waals surface area contributed by atoms with E-state index in [0.29, 0.717) is 28.5 Å². The lowest BCUT2D eigenvalue weighted by molar-refractivity contribution is 0.102. The maximum atomic E-state index is 12.7. The lowest BCUT2D eigenvalue weighted by Gasteiger charge is -2.15. The molecule has 0 spiro atoms. The molecule has 0 aliphatic heterocycles. The Bertz CT molecular complexity index is 964. The highest BCUT2D eigenvalue weighted by atomic mass is 16.5. The highest BCUT2D eigenvalue weighted by Gasteiger charge is 2.20. The fourth-order valence-electron chi connectivity index (χ4n) is 2.94. The van der Waals surface area contributed by atoms with Gasteiger partial charge in [0.05, 0.1) is 26.9 Å². The van der Waals surface area contributed by atoms with E-state index in [0.717, 1.165) is 17.9 Å². The standard InChI is InChI=1S/C21H23N3O4/c1-14-22-11-12-24(14)13-15-5-7-16(8-6-15)23-21(25)17-9-10-18(26-2)20(28-4)19(17)27-3/h5-12H,13H2,1-4H3,(H,23,25). The Morgan fingerprint density at radius 1 is 1.00 bits per heavy atom. The summed E-state index contributed by atoms with van der Waals surface area (Å²) in [6.07, 6.45) is 3.72. The zero-order chi connectivity index (χ0) is 20.1. The molecule has 0 fully saturated rings. The largest absolute Gasteiger partial charge is 0.493 e. The molecule has 1 heterocycles. The summed E-state index contributed by atoms with van der Waals surface area (Å²) in [6.45, 7) is 2.69. The van der Waals surface area contributed by atoms with Gasteiger partial charge in [-0.25, -0.2) is 4.98 Å². The molecule has 3 rings (SSSR count). The molecule has 1 amide bonds. The van der Waals surface area contributed by atoms with Crippen molar-refractivity contribution in [2.24, 2.45) is 0 Å². The average molecular weight is 381 g/mol. The molecule has 146 valence electrons. The maximum absolute atomic E-state index is 12.7. The van der Waals surface area contributed by atoms with Crippen molar-refractivity contribution < 1.29 is 19.0 Å². The quantitative estimate of drug-likeness (QED) is 0.678. The third kappa shape index (κ3) is 3.93. The van der Waals surface area contributed by atoms with Crippen LogP contribution in [0.1, 0.15) is 21.7 Å². The highest BCUT2D eigenvalue weighted by Crippen LogP contribution is 2.39. The van der Waals surface area contributed by atoms with Gasteiger partial charge in [-0.2, -0.15) is 0 Å². The van der Waals surface area contributed by atoms with Crippen LogP contribution in [0.4, 0.5) is 5.69 Å². The predicted octanol–water partition coefficient (Wildman–Crippen LogP) is 3.52. The molecule has 3 aromatic rings. The summed E-state index contributed by atoms with van der Waals surface area (Å²) < 4.78 is 18.0. The normalized spacial score (nSPS) is 10.4. The van der Waals surface area contributed by atoms with Crippen molar-refractivity contribution in [2.75, 3.05) is 26.6 Å². The Hall–Kier alpha value is -3.48. The van der Waals surface area contributed by atoms with Crippen LogP contribution in [0.2, 0.25) is 0 Å². The Morgan fingerprint density at radius 3 is 2.29 bits per heavy atom. The van der Waals surface area contributed by atoms with Gasteiger partial charge in [0.15, 0.2) is 11.5 Å². The van der Waals surface area contributed by atoms with Crippen molar-refractivity contribution >= 4 is 11.6 Å². The van der Waals surface area contributed by atoms with Crippen molar-refractivity contribution in [3.05, 3.63) is 65.7 Å². The van der Waals surface area contributed by atoms with Gasteiger partial charge < -0.3 is 24.1 Å². The molecule has 0 aliphatic rings. The first-order valence-electron chi connectivity index (χ1n) is 8.74. The zero-order valence-electron chi connectivity index (χ0n) is 16.4. The number of carbonyl (C=O) groups excluding carboxylic acids is 1. The van der Waals surface area contributed by atoms with Gasteiger partial charge in [0.1, 0.15) is 5.82 Å². The number of imidazole rings is 1. The van der Waals surface area contributed by atoms with Crippen LogP contribution in [-0.2, 0) is 6.54 Å². The summed E-state index contributed by atoms with van der Waals surface area (Å²) in [5.41, 5.74) is 2.16. The Labute approximate surface area is 163 Å². The van der Waals surface area contributed by atoms with Crippen LogP contribution in [0.15, 0.2) is 48.8 Å². The first kappa shape index (κ1) is 19.3. The van der Waals surface area contributed by atoms with Crippen molar-refractivity contribution in [3.63, 3.8) is 0 Å². The van der Waals surface area contributed by atoms with E-state index in [1.165, 1.54) is 21.3 Å². The van der Waals surface area contributed by atoms with Crippen LogP contribution in [0.25, 0.3) is 0 Å². The average Bonchev–Trinajstić information content (AvgIpc) is 3.12. The number of aryl methyl sites for hydroxylation is 1. The van der Waals surface area contributed by atoms with E-state index in [9.17, 15) is 4.79 Å². The molecule has 1 aromatic heterocycles. The van der Waals surface area contributed by atoms with E-state index in [1.54, 1.807) is 18.3 Å². The number of nitrogens with one attached hydrogen (secondary N) is 1. The zero-order valence-corrected chi connectivity index (χ0v) is 16.4. The van der Waals surface area contributed by atoms with E-state index in [4.69, 9.17) is 14.2 Å². The van der Waals surface area contributed by atoms with Gasteiger partial charge in [-0.1, -0.05) is 12.1 Å². The number of hydrogen-bond donors (Lipinski definition) is 1. The fraction of sp³-hybridized carbons (Fsp3) is 0.238. The molecule has 0 aliphatic carbocycles. The minimum absolute atomic E-state index is 0.295. The van der Waals surface area contributed by atoms with Crippen molar-refractivity contribution in [2.45, 2.75) is 13.5 Å². The van der Waals surface area contributed by atoms with Gasteiger partial charge in [0.2, 0.25) is 5.75 Å². The molecule has 0 saturated carbocycles. The van der Waals surface area contributed by atoms with Gasteiger partial charge in [-0.3, -0.25) is 4.79 Å². The molecule has 0 bridgehead atoms. The predicted molar refractivity (Wildman–Crippen MR) is 107 cm³/mol. The van der Waals surface area contributed by atoms with Gasteiger partial charge in [0, 0.05) is 24.6 Å². The second-order valence-electron chi connectivity index (χ2n) is 6.14. The molecule has 1 N–H and O–H groups in total. The number of methoxy groups -OCH3 is 3. The SMILES string of the molecule is COc1ccc(C(=O)Nc2ccc(Cn3ccnc3C)cc2)c(OC)c1OC.